The first-order valence-corrected chi connectivity index (χ1v) is 5.63. The normalized spacial score (nSPS) is 10.7. The van der Waals surface area contributed by atoms with Crippen LogP contribution in [0.4, 0.5) is 0 Å². The van der Waals surface area contributed by atoms with Crippen molar-refractivity contribution >= 4 is 17.2 Å². The molecule has 2 aromatic heterocycles. The average Bonchev–Trinajstić information content (AvgIpc) is 2.82. The van der Waals surface area contributed by atoms with Crippen LogP contribution in [0.15, 0.2) is 36.8 Å². The van der Waals surface area contributed by atoms with E-state index >= 15 is 0 Å². The van der Waals surface area contributed by atoms with Crippen LogP contribution in [-0.2, 0) is 0 Å². The van der Waals surface area contributed by atoms with Gasteiger partial charge in [-0.15, -0.1) is 0 Å². The molecule has 4 nitrogen and oxygen atoms in total. The maximum absolute atomic E-state index is 10.6. The summed E-state index contributed by atoms with van der Waals surface area (Å²) < 4.78 is 0. The molecule has 18 heavy (non-hydrogen) atoms. The maximum atomic E-state index is 10.6. The number of aryl methyl sites for hydroxylation is 1. The predicted molar refractivity (Wildman–Crippen MR) is 69.4 cm³/mol. The van der Waals surface area contributed by atoms with Crippen molar-refractivity contribution in [2.45, 2.75) is 6.92 Å². The zero-order valence-corrected chi connectivity index (χ0v) is 9.84. The number of hydrogen-bond donors (Lipinski definition) is 1. The number of aromatic nitrogens is 3. The first-order valence-electron chi connectivity index (χ1n) is 5.63. The van der Waals surface area contributed by atoms with Crippen molar-refractivity contribution < 1.29 is 4.79 Å². The van der Waals surface area contributed by atoms with E-state index < -0.39 is 0 Å². The fourth-order valence-electron chi connectivity index (χ4n) is 1.98. The number of aldehydes is 1. The minimum atomic E-state index is 0.342. The number of carbonyl (C=O) groups is 1. The summed E-state index contributed by atoms with van der Waals surface area (Å²) in [5.41, 5.74) is 4.36. The number of aromatic amines is 1. The van der Waals surface area contributed by atoms with Gasteiger partial charge in [-0.2, -0.15) is 0 Å². The summed E-state index contributed by atoms with van der Waals surface area (Å²) in [6.45, 7) is 2.05. The Balaban J connectivity index is 2.18. The standard InChI is InChI=1S/C14H11N3O/c1-9-2-3-13-11(4-9)12(6-17-13)14-7-15-10(8-18)5-16-14/h2-8,17H,1H3. The number of nitrogens with one attached hydrogen (secondary N) is 1. The van der Waals surface area contributed by atoms with Gasteiger partial charge in [0.1, 0.15) is 5.69 Å². The lowest BCUT2D eigenvalue weighted by Crippen LogP contribution is -1.90. The van der Waals surface area contributed by atoms with Gasteiger partial charge in [0, 0.05) is 22.7 Å². The third kappa shape index (κ3) is 1.68. The summed E-state index contributed by atoms with van der Waals surface area (Å²) in [6.07, 6.45) is 5.70. The zero-order valence-electron chi connectivity index (χ0n) is 9.84. The second kappa shape index (κ2) is 4.07. The molecule has 0 bridgehead atoms. The molecule has 0 aliphatic carbocycles. The molecule has 0 atom stereocenters. The molecule has 0 fully saturated rings. The Hall–Kier alpha value is -2.49. The molecular weight excluding hydrogens is 226 g/mol. The summed E-state index contributed by atoms with van der Waals surface area (Å²) in [7, 11) is 0. The number of rotatable bonds is 2. The SMILES string of the molecule is Cc1ccc2[nH]cc(-c3cnc(C=O)cn3)c2c1. The molecule has 2 heterocycles. The highest BCUT2D eigenvalue weighted by Crippen LogP contribution is 2.27. The smallest absolute Gasteiger partial charge is 0.170 e. The van der Waals surface area contributed by atoms with E-state index in [0.29, 0.717) is 12.0 Å². The fourth-order valence-corrected chi connectivity index (χ4v) is 1.98. The topological polar surface area (TPSA) is 58.6 Å². The van der Waals surface area contributed by atoms with Gasteiger partial charge in [0.05, 0.1) is 18.1 Å². The molecule has 4 heteroatoms. The molecule has 3 aromatic rings. The van der Waals surface area contributed by atoms with Crippen LogP contribution in [0.25, 0.3) is 22.2 Å². The number of hydrogen-bond acceptors (Lipinski definition) is 3. The summed E-state index contributed by atoms with van der Waals surface area (Å²) in [5, 5.41) is 1.11. The van der Waals surface area contributed by atoms with Gasteiger partial charge in [-0.1, -0.05) is 11.6 Å². The Bertz CT molecular complexity index is 713. The van der Waals surface area contributed by atoms with Gasteiger partial charge in [0.25, 0.3) is 0 Å². The molecule has 1 N–H and O–H groups in total. The molecule has 0 unspecified atom stereocenters. The Morgan fingerprint density at radius 1 is 1.22 bits per heavy atom. The highest BCUT2D eigenvalue weighted by Gasteiger charge is 2.07. The minimum absolute atomic E-state index is 0.342. The maximum Gasteiger partial charge on any atom is 0.170 e. The molecule has 0 amide bonds. The van der Waals surface area contributed by atoms with Crippen molar-refractivity contribution in [2.75, 3.05) is 0 Å². The van der Waals surface area contributed by atoms with Gasteiger partial charge in [0.2, 0.25) is 0 Å². The Morgan fingerprint density at radius 3 is 2.83 bits per heavy atom. The van der Waals surface area contributed by atoms with Crippen LogP contribution >= 0.6 is 0 Å². The van der Waals surface area contributed by atoms with Crippen LogP contribution in [-0.4, -0.2) is 21.2 Å². The summed E-state index contributed by atoms with van der Waals surface area (Å²) >= 11 is 0. The lowest BCUT2D eigenvalue weighted by atomic mass is 10.1. The van der Waals surface area contributed by atoms with Crippen molar-refractivity contribution in [3.63, 3.8) is 0 Å². The largest absolute Gasteiger partial charge is 0.360 e. The van der Waals surface area contributed by atoms with E-state index in [1.54, 1.807) is 6.20 Å². The Labute approximate surface area is 104 Å². The van der Waals surface area contributed by atoms with Crippen LogP contribution in [0.5, 0.6) is 0 Å². The van der Waals surface area contributed by atoms with E-state index in [-0.39, 0.29) is 0 Å². The summed E-state index contributed by atoms with van der Waals surface area (Å²) in [5.74, 6) is 0. The van der Waals surface area contributed by atoms with Gasteiger partial charge >= 0.3 is 0 Å². The third-order valence-electron chi connectivity index (χ3n) is 2.91. The third-order valence-corrected chi connectivity index (χ3v) is 2.91. The van der Waals surface area contributed by atoms with Gasteiger partial charge in [-0.25, -0.2) is 4.98 Å². The van der Waals surface area contributed by atoms with Crippen molar-refractivity contribution in [2.24, 2.45) is 0 Å². The van der Waals surface area contributed by atoms with E-state index in [9.17, 15) is 4.79 Å². The lowest BCUT2D eigenvalue weighted by molar-refractivity contribution is 0.111. The summed E-state index contributed by atoms with van der Waals surface area (Å²) in [6, 6.07) is 6.21. The van der Waals surface area contributed by atoms with Crippen LogP contribution in [0.3, 0.4) is 0 Å². The van der Waals surface area contributed by atoms with Gasteiger partial charge in [-0.05, 0) is 19.1 Å². The van der Waals surface area contributed by atoms with Crippen molar-refractivity contribution in [3.05, 3.63) is 48.0 Å². The highest BCUT2D eigenvalue weighted by atomic mass is 16.1. The number of fused-ring (bicyclic) bond motifs is 1. The molecular formula is C14H11N3O. The minimum Gasteiger partial charge on any atom is -0.360 e. The molecule has 0 radical (unpaired) electrons. The van der Waals surface area contributed by atoms with Gasteiger partial charge in [-0.3, -0.25) is 9.78 Å². The first-order chi connectivity index (χ1) is 8.78. The Kier molecular flexibility index (Phi) is 2.41. The first kappa shape index (κ1) is 10.7. The summed E-state index contributed by atoms with van der Waals surface area (Å²) in [4.78, 5) is 22.1. The predicted octanol–water partition coefficient (Wildman–Crippen LogP) is 2.75. The second-order valence-electron chi connectivity index (χ2n) is 4.20. The van der Waals surface area contributed by atoms with Crippen LogP contribution in [0.1, 0.15) is 16.1 Å². The Morgan fingerprint density at radius 2 is 2.11 bits per heavy atom. The zero-order chi connectivity index (χ0) is 12.5. The number of H-pyrrole nitrogens is 1. The molecule has 0 spiro atoms. The molecule has 0 saturated heterocycles. The van der Waals surface area contributed by atoms with Crippen molar-refractivity contribution in [1.82, 2.24) is 15.0 Å². The molecule has 0 aliphatic rings. The van der Waals surface area contributed by atoms with E-state index in [0.717, 1.165) is 22.2 Å². The molecule has 0 aliphatic heterocycles. The van der Waals surface area contributed by atoms with Gasteiger partial charge in [0.15, 0.2) is 6.29 Å². The monoisotopic (exact) mass is 237 g/mol. The van der Waals surface area contributed by atoms with E-state index in [2.05, 4.69) is 34.0 Å². The molecule has 0 saturated carbocycles. The number of nitrogens with zero attached hydrogens (tertiary/aromatic N) is 2. The fraction of sp³-hybridized carbons (Fsp3) is 0.0714. The second-order valence-corrected chi connectivity index (χ2v) is 4.20. The molecule has 1 aromatic carbocycles. The average molecular weight is 237 g/mol. The van der Waals surface area contributed by atoms with Crippen LogP contribution in [0, 0.1) is 6.92 Å². The van der Waals surface area contributed by atoms with E-state index in [1.807, 2.05) is 12.3 Å². The quantitative estimate of drug-likeness (QED) is 0.697. The van der Waals surface area contributed by atoms with E-state index in [1.165, 1.54) is 11.8 Å². The van der Waals surface area contributed by atoms with Crippen molar-refractivity contribution in [3.8, 4) is 11.3 Å². The molecule has 3 rings (SSSR count). The number of benzene rings is 1. The van der Waals surface area contributed by atoms with Crippen molar-refractivity contribution in [1.29, 1.82) is 0 Å². The van der Waals surface area contributed by atoms with E-state index in [4.69, 9.17) is 0 Å². The van der Waals surface area contributed by atoms with Gasteiger partial charge < -0.3 is 4.98 Å². The van der Waals surface area contributed by atoms with Crippen LogP contribution < -0.4 is 0 Å². The van der Waals surface area contributed by atoms with Crippen LogP contribution in [0.2, 0.25) is 0 Å². The number of carbonyl (C=O) groups excluding carboxylic acids is 1. The molecule has 88 valence electrons. The highest BCUT2D eigenvalue weighted by molar-refractivity contribution is 5.94. The lowest BCUT2D eigenvalue weighted by Gasteiger charge is -1.99.